The maximum Gasteiger partial charge on any atom is 0.245 e. The Balaban J connectivity index is 2.37. The standard InChI is InChI=1S/C3H6OSi2/c5-4-6-2-1-3-6/h1-3H,5H3. The molecule has 6 heavy (non-hydrogen) atoms. The van der Waals surface area contributed by atoms with E-state index in [9.17, 15) is 0 Å². The van der Waals surface area contributed by atoms with Gasteiger partial charge in [0.05, 0.1) is 0 Å². The molecule has 32 valence electrons. The van der Waals surface area contributed by atoms with Crippen molar-refractivity contribution in [3.63, 3.8) is 0 Å². The Labute approximate surface area is 41.5 Å². The summed E-state index contributed by atoms with van der Waals surface area (Å²) in [6.07, 6.45) is 2.05. The Morgan fingerprint density at radius 3 is 2.33 bits per heavy atom. The number of hydrogen-bond acceptors (Lipinski definition) is 1. The van der Waals surface area contributed by atoms with Crippen molar-refractivity contribution in [2.45, 2.75) is 0 Å². The molecule has 1 aliphatic rings. The summed E-state index contributed by atoms with van der Waals surface area (Å²) in [5.41, 5.74) is 4.27. The predicted octanol–water partition coefficient (Wildman–Crippen LogP) is -1.23. The van der Waals surface area contributed by atoms with E-state index in [2.05, 4.69) is 11.4 Å². The first-order valence-corrected chi connectivity index (χ1v) is 4.24. The van der Waals surface area contributed by atoms with Crippen molar-refractivity contribution in [1.82, 2.24) is 0 Å². The van der Waals surface area contributed by atoms with Crippen molar-refractivity contribution >= 4 is 24.8 Å². The summed E-state index contributed by atoms with van der Waals surface area (Å²) >= 11 is 0. The van der Waals surface area contributed by atoms with Gasteiger partial charge in [0.1, 0.15) is 0 Å². The molecular formula is C3H6OSi2. The highest BCUT2D eigenvalue weighted by Gasteiger charge is 1.93. The lowest BCUT2D eigenvalue weighted by atomic mass is 10.7. The van der Waals surface area contributed by atoms with E-state index in [-0.39, 0.29) is 0 Å². The number of rotatable bonds is 1. The second kappa shape index (κ2) is 1.53. The van der Waals surface area contributed by atoms with Gasteiger partial charge in [-0.25, -0.2) is 0 Å². The molecule has 1 nitrogen and oxygen atoms in total. The molecule has 0 bridgehead atoms. The van der Waals surface area contributed by atoms with Gasteiger partial charge in [-0.3, -0.25) is 0 Å². The van der Waals surface area contributed by atoms with Crippen molar-refractivity contribution in [3.05, 3.63) is 11.8 Å². The van der Waals surface area contributed by atoms with Crippen molar-refractivity contribution in [3.8, 4) is 0 Å². The first-order chi connectivity index (χ1) is 2.93. The highest BCUT2D eigenvalue weighted by molar-refractivity contribution is 6.73. The predicted molar refractivity (Wildman–Crippen MR) is 32.0 cm³/mol. The minimum absolute atomic E-state index is 0.432. The molecular weight excluding hydrogens is 108 g/mol. The van der Waals surface area contributed by atoms with Gasteiger partial charge in [-0.1, -0.05) is 6.08 Å². The highest BCUT2D eigenvalue weighted by atomic mass is 28.3. The third kappa shape index (κ3) is 0.505. The molecule has 0 aromatic carbocycles. The van der Waals surface area contributed by atoms with Crippen LogP contribution in [0.15, 0.2) is 11.8 Å². The average Bonchev–Trinajstić information content (AvgIpc) is 1.31. The zero-order chi connectivity index (χ0) is 4.41. The highest BCUT2D eigenvalue weighted by Crippen LogP contribution is 1.82. The normalized spacial score (nSPS) is 16.3. The maximum absolute atomic E-state index is 5.08. The average molecular weight is 114 g/mol. The number of hydrogen-bond donors (Lipinski definition) is 0. The molecule has 1 rings (SSSR count). The van der Waals surface area contributed by atoms with E-state index in [0.29, 0.717) is 0 Å². The fourth-order valence-corrected chi connectivity index (χ4v) is 1.75. The van der Waals surface area contributed by atoms with Crippen LogP contribution in [0, 0.1) is 0 Å². The van der Waals surface area contributed by atoms with Crippen molar-refractivity contribution < 1.29 is 4.12 Å². The van der Waals surface area contributed by atoms with Crippen molar-refractivity contribution in [2.24, 2.45) is 0 Å². The summed E-state index contributed by atoms with van der Waals surface area (Å²) in [5.74, 6) is 0. The van der Waals surface area contributed by atoms with Crippen LogP contribution in [0.3, 0.4) is 0 Å². The third-order valence-corrected chi connectivity index (χ3v) is 3.68. The van der Waals surface area contributed by atoms with Gasteiger partial charge in [0.25, 0.3) is 0 Å². The van der Waals surface area contributed by atoms with Gasteiger partial charge >= 0.3 is 0 Å². The lowest BCUT2D eigenvalue weighted by Crippen LogP contribution is -2.11. The van der Waals surface area contributed by atoms with Gasteiger partial charge < -0.3 is 4.12 Å². The lowest BCUT2D eigenvalue weighted by Gasteiger charge is -2.01. The molecule has 0 spiro atoms. The summed E-state index contributed by atoms with van der Waals surface area (Å²) < 4.78 is 5.08. The molecule has 0 atom stereocenters. The van der Waals surface area contributed by atoms with E-state index in [4.69, 9.17) is 4.12 Å². The van der Waals surface area contributed by atoms with Crippen LogP contribution in [0.2, 0.25) is 0 Å². The van der Waals surface area contributed by atoms with Crippen LogP contribution in [0.1, 0.15) is 0 Å². The van der Waals surface area contributed by atoms with Crippen LogP contribution >= 0.6 is 0 Å². The van der Waals surface area contributed by atoms with E-state index in [1.165, 1.54) is 0 Å². The SMILES string of the molecule is [SiH3]O[Si]1=CC=C1. The first kappa shape index (κ1) is 4.01. The summed E-state index contributed by atoms with van der Waals surface area (Å²) in [4.78, 5) is 0. The van der Waals surface area contributed by atoms with Crippen LogP contribution in [-0.4, -0.2) is 24.8 Å². The molecule has 0 saturated carbocycles. The van der Waals surface area contributed by atoms with Crippen molar-refractivity contribution in [2.75, 3.05) is 0 Å². The van der Waals surface area contributed by atoms with Gasteiger partial charge in [-0.05, 0) is 11.4 Å². The van der Waals surface area contributed by atoms with E-state index in [0.717, 1.165) is 10.5 Å². The molecule has 0 fully saturated rings. The molecule has 0 saturated heterocycles. The van der Waals surface area contributed by atoms with Crippen LogP contribution in [0.25, 0.3) is 0 Å². The minimum atomic E-state index is -0.432. The molecule has 1 heterocycles. The quantitative estimate of drug-likeness (QED) is 0.388. The van der Waals surface area contributed by atoms with Gasteiger partial charge in [-0.2, -0.15) is 0 Å². The largest absolute Gasteiger partial charge is 0.609 e. The molecule has 0 unspecified atom stereocenters. The molecule has 0 N–H and O–H groups in total. The number of allylic oxidation sites excluding steroid dienone is 1. The fourth-order valence-electron chi connectivity index (χ4n) is 0.311. The van der Waals surface area contributed by atoms with E-state index < -0.39 is 8.65 Å². The Bertz CT molecular complexity index is 105. The molecule has 0 radical (unpaired) electrons. The van der Waals surface area contributed by atoms with Crippen molar-refractivity contribution in [1.29, 1.82) is 0 Å². The lowest BCUT2D eigenvalue weighted by molar-refractivity contribution is 0.669. The summed E-state index contributed by atoms with van der Waals surface area (Å²) in [7, 11) is 0.465. The summed E-state index contributed by atoms with van der Waals surface area (Å²) in [6, 6.07) is 0. The Hall–Kier alpha value is -0.156. The van der Waals surface area contributed by atoms with Crippen LogP contribution < -0.4 is 0 Å². The monoisotopic (exact) mass is 114 g/mol. The second-order valence-electron chi connectivity index (χ2n) is 1.13. The third-order valence-electron chi connectivity index (χ3n) is 0.757. The molecule has 3 heteroatoms. The fraction of sp³-hybridized carbons (Fsp3) is 0. The van der Waals surface area contributed by atoms with E-state index >= 15 is 0 Å². The van der Waals surface area contributed by atoms with Crippen LogP contribution in [0.5, 0.6) is 0 Å². The van der Waals surface area contributed by atoms with Gasteiger partial charge in [-0.15, -0.1) is 0 Å². The minimum Gasteiger partial charge on any atom is -0.609 e. The Morgan fingerprint density at radius 1 is 1.67 bits per heavy atom. The molecule has 0 aliphatic carbocycles. The van der Waals surface area contributed by atoms with Gasteiger partial charge in [0, 0.05) is 0 Å². The Morgan fingerprint density at radius 2 is 2.33 bits per heavy atom. The smallest absolute Gasteiger partial charge is 0.245 e. The van der Waals surface area contributed by atoms with Gasteiger partial charge in [0.2, 0.25) is 8.65 Å². The molecule has 0 amide bonds. The molecule has 1 aliphatic heterocycles. The zero-order valence-electron chi connectivity index (χ0n) is 3.64. The van der Waals surface area contributed by atoms with Crippen LogP contribution in [-0.2, 0) is 4.12 Å². The van der Waals surface area contributed by atoms with Gasteiger partial charge in [0.15, 0.2) is 10.5 Å². The maximum atomic E-state index is 5.08. The summed E-state index contributed by atoms with van der Waals surface area (Å²) in [6.45, 7) is 0. The first-order valence-electron chi connectivity index (χ1n) is 1.86. The zero-order valence-corrected chi connectivity index (χ0v) is 6.64. The Kier molecular flexibility index (Phi) is 1.02. The topological polar surface area (TPSA) is 9.23 Å². The van der Waals surface area contributed by atoms with E-state index in [1.54, 1.807) is 0 Å². The summed E-state index contributed by atoms with van der Waals surface area (Å²) in [5, 5.41) is 0. The molecule has 0 aromatic heterocycles. The van der Waals surface area contributed by atoms with Crippen LogP contribution in [0.4, 0.5) is 0 Å². The second-order valence-corrected chi connectivity index (χ2v) is 4.24. The molecule has 0 aromatic rings. The van der Waals surface area contributed by atoms with E-state index in [1.807, 2.05) is 6.08 Å².